The van der Waals surface area contributed by atoms with Crippen molar-refractivity contribution in [3.63, 3.8) is 0 Å². The quantitative estimate of drug-likeness (QED) is 0.891. The highest BCUT2D eigenvalue weighted by Gasteiger charge is 2.19. The lowest BCUT2D eigenvalue weighted by Crippen LogP contribution is -2.28. The fraction of sp³-hybridized carbons (Fsp3) is 0.417. The number of rotatable bonds is 3. The van der Waals surface area contributed by atoms with E-state index in [4.69, 9.17) is 10.5 Å². The average molecular weight is 236 g/mol. The first-order valence-corrected chi connectivity index (χ1v) is 6.15. The lowest BCUT2D eigenvalue weighted by molar-refractivity contribution is 0.341. The Morgan fingerprint density at radius 3 is 2.81 bits per heavy atom. The molecule has 1 aromatic heterocycles. The Labute approximate surface area is 99.3 Å². The third-order valence-electron chi connectivity index (χ3n) is 2.22. The Balaban J connectivity index is 2.46. The second kappa shape index (κ2) is 4.03. The highest BCUT2D eigenvalue weighted by Crippen LogP contribution is 2.30. The van der Waals surface area contributed by atoms with E-state index in [0.717, 1.165) is 21.0 Å². The summed E-state index contributed by atoms with van der Waals surface area (Å²) in [4.78, 5) is 4.52. The monoisotopic (exact) mass is 236 g/mol. The fourth-order valence-corrected chi connectivity index (χ4v) is 2.45. The zero-order valence-electron chi connectivity index (χ0n) is 9.78. The van der Waals surface area contributed by atoms with Gasteiger partial charge < -0.3 is 10.5 Å². The number of nitrogens with two attached hydrogens (primary N) is 1. The van der Waals surface area contributed by atoms with E-state index in [9.17, 15) is 0 Å². The van der Waals surface area contributed by atoms with Gasteiger partial charge in [-0.25, -0.2) is 4.98 Å². The normalized spacial score (nSPS) is 12.0. The number of hydrogen-bond acceptors (Lipinski definition) is 4. The molecule has 0 amide bonds. The van der Waals surface area contributed by atoms with Crippen molar-refractivity contribution in [1.82, 2.24) is 4.98 Å². The number of nitrogens with zero attached hydrogens (tertiary/aromatic N) is 1. The molecule has 3 nitrogen and oxygen atoms in total. The van der Waals surface area contributed by atoms with Gasteiger partial charge in [-0.3, -0.25) is 0 Å². The standard InChI is InChI=1S/C12H16N2OS/c1-4-15-8-5-6-9-10(7-8)16-11(14-9)12(2,3)13/h5-7H,4,13H2,1-3H3. The average Bonchev–Trinajstić information content (AvgIpc) is 2.60. The first kappa shape index (κ1) is 11.4. The summed E-state index contributed by atoms with van der Waals surface area (Å²) >= 11 is 1.63. The van der Waals surface area contributed by atoms with Gasteiger partial charge in [0.2, 0.25) is 0 Å². The lowest BCUT2D eigenvalue weighted by atomic mass is 10.1. The topological polar surface area (TPSA) is 48.1 Å². The Bertz CT molecular complexity index is 499. The minimum atomic E-state index is -0.380. The molecular weight excluding hydrogens is 220 g/mol. The lowest BCUT2D eigenvalue weighted by Gasteiger charge is -2.13. The van der Waals surface area contributed by atoms with Crippen molar-refractivity contribution in [2.24, 2.45) is 5.73 Å². The van der Waals surface area contributed by atoms with Crippen LogP contribution in [0.2, 0.25) is 0 Å². The Morgan fingerprint density at radius 1 is 1.44 bits per heavy atom. The zero-order valence-corrected chi connectivity index (χ0v) is 10.6. The summed E-state index contributed by atoms with van der Waals surface area (Å²) in [6.45, 7) is 6.59. The minimum absolute atomic E-state index is 0.380. The number of ether oxygens (including phenoxy) is 1. The molecule has 1 aromatic carbocycles. The number of hydrogen-bond donors (Lipinski definition) is 1. The molecule has 1 heterocycles. The van der Waals surface area contributed by atoms with Crippen LogP contribution in [0, 0.1) is 0 Å². The van der Waals surface area contributed by atoms with Crippen LogP contribution in [0.3, 0.4) is 0 Å². The van der Waals surface area contributed by atoms with E-state index in [1.807, 2.05) is 39.0 Å². The largest absolute Gasteiger partial charge is 0.494 e. The molecule has 0 bridgehead atoms. The fourth-order valence-electron chi connectivity index (χ4n) is 1.44. The van der Waals surface area contributed by atoms with Crippen LogP contribution in [0.1, 0.15) is 25.8 Å². The van der Waals surface area contributed by atoms with E-state index in [0.29, 0.717) is 6.61 Å². The molecule has 2 aromatic rings. The number of fused-ring (bicyclic) bond motifs is 1. The first-order chi connectivity index (χ1) is 7.50. The predicted molar refractivity (Wildman–Crippen MR) is 68.0 cm³/mol. The summed E-state index contributed by atoms with van der Waals surface area (Å²) in [5.74, 6) is 0.889. The maximum atomic E-state index is 6.03. The molecule has 0 unspecified atom stereocenters. The molecule has 4 heteroatoms. The summed E-state index contributed by atoms with van der Waals surface area (Å²) in [7, 11) is 0. The van der Waals surface area contributed by atoms with Gasteiger partial charge in [0.15, 0.2) is 0 Å². The molecule has 0 aliphatic carbocycles. The smallest absolute Gasteiger partial charge is 0.120 e. The SMILES string of the molecule is CCOc1ccc2nc(C(C)(C)N)sc2c1. The van der Waals surface area contributed by atoms with E-state index in [2.05, 4.69) is 4.98 Å². The van der Waals surface area contributed by atoms with Gasteiger partial charge in [0.05, 0.1) is 22.4 Å². The molecule has 0 radical (unpaired) electrons. The maximum absolute atomic E-state index is 6.03. The van der Waals surface area contributed by atoms with E-state index < -0.39 is 0 Å². The van der Waals surface area contributed by atoms with Gasteiger partial charge in [0.25, 0.3) is 0 Å². The highest BCUT2D eigenvalue weighted by atomic mass is 32.1. The molecule has 0 aliphatic heterocycles. The summed E-state index contributed by atoms with van der Waals surface area (Å²) in [6, 6.07) is 5.94. The zero-order chi connectivity index (χ0) is 11.8. The van der Waals surface area contributed by atoms with Crippen molar-refractivity contribution in [3.8, 4) is 5.75 Å². The molecule has 0 spiro atoms. The van der Waals surface area contributed by atoms with Crippen LogP contribution in [-0.4, -0.2) is 11.6 Å². The molecule has 2 rings (SSSR count). The highest BCUT2D eigenvalue weighted by molar-refractivity contribution is 7.18. The third-order valence-corrected chi connectivity index (χ3v) is 3.58. The molecule has 0 fully saturated rings. The van der Waals surface area contributed by atoms with Crippen LogP contribution < -0.4 is 10.5 Å². The number of aromatic nitrogens is 1. The van der Waals surface area contributed by atoms with Crippen LogP contribution in [0.4, 0.5) is 0 Å². The predicted octanol–water partition coefficient (Wildman–Crippen LogP) is 2.89. The summed E-state index contributed by atoms with van der Waals surface area (Å²) in [5.41, 5.74) is 6.64. The van der Waals surface area contributed by atoms with Gasteiger partial charge >= 0.3 is 0 Å². The Kier molecular flexibility index (Phi) is 2.86. The number of thiazole rings is 1. The maximum Gasteiger partial charge on any atom is 0.120 e. The van der Waals surface area contributed by atoms with Gasteiger partial charge in [-0.15, -0.1) is 11.3 Å². The Hall–Kier alpha value is -1.13. The molecule has 86 valence electrons. The van der Waals surface area contributed by atoms with Crippen molar-refractivity contribution in [2.75, 3.05) is 6.61 Å². The Morgan fingerprint density at radius 2 is 2.19 bits per heavy atom. The van der Waals surface area contributed by atoms with Gasteiger partial charge in [0.1, 0.15) is 10.8 Å². The summed E-state index contributed by atoms with van der Waals surface area (Å²) in [5, 5.41) is 0.955. The van der Waals surface area contributed by atoms with Crippen molar-refractivity contribution in [1.29, 1.82) is 0 Å². The van der Waals surface area contributed by atoms with Gasteiger partial charge in [0, 0.05) is 0 Å². The molecule has 0 saturated heterocycles. The number of benzene rings is 1. The summed E-state index contributed by atoms with van der Waals surface area (Å²) in [6.07, 6.45) is 0. The van der Waals surface area contributed by atoms with E-state index in [1.165, 1.54) is 0 Å². The van der Waals surface area contributed by atoms with Crippen LogP contribution in [0.15, 0.2) is 18.2 Å². The van der Waals surface area contributed by atoms with E-state index in [1.54, 1.807) is 11.3 Å². The van der Waals surface area contributed by atoms with Gasteiger partial charge in [-0.05, 0) is 39.0 Å². The second-order valence-electron chi connectivity index (χ2n) is 4.30. The van der Waals surface area contributed by atoms with Crippen LogP contribution in [-0.2, 0) is 5.54 Å². The molecule has 0 saturated carbocycles. The molecule has 16 heavy (non-hydrogen) atoms. The van der Waals surface area contributed by atoms with Crippen LogP contribution in [0.5, 0.6) is 5.75 Å². The minimum Gasteiger partial charge on any atom is -0.494 e. The van der Waals surface area contributed by atoms with Crippen molar-refractivity contribution >= 4 is 21.6 Å². The molecule has 0 aliphatic rings. The molecular formula is C12H16N2OS. The van der Waals surface area contributed by atoms with Crippen molar-refractivity contribution in [3.05, 3.63) is 23.2 Å². The van der Waals surface area contributed by atoms with Gasteiger partial charge in [-0.2, -0.15) is 0 Å². The van der Waals surface area contributed by atoms with E-state index in [-0.39, 0.29) is 5.54 Å². The second-order valence-corrected chi connectivity index (χ2v) is 5.33. The first-order valence-electron chi connectivity index (χ1n) is 5.33. The third kappa shape index (κ3) is 2.18. The summed E-state index contributed by atoms with van der Waals surface area (Å²) < 4.78 is 6.58. The van der Waals surface area contributed by atoms with Crippen molar-refractivity contribution < 1.29 is 4.74 Å². The van der Waals surface area contributed by atoms with Crippen molar-refractivity contribution in [2.45, 2.75) is 26.3 Å². The molecule has 0 atom stereocenters. The molecule has 2 N–H and O–H groups in total. The van der Waals surface area contributed by atoms with E-state index >= 15 is 0 Å². The van der Waals surface area contributed by atoms with Crippen LogP contribution in [0.25, 0.3) is 10.2 Å². The van der Waals surface area contributed by atoms with Crippen LogP contribution >= 0.6 is 11.3 Å². The van der Waals surface area contributed by atoms with Gasteiger partial charge in [-0.1, -0.05) is 0 Å².